The third-order valence-electron chi connectivity index (χ3n) is 5.65. The number of rotatable bonds is 4. The van der Waals surface area contributed by atoms with E-state index in [2.05, 4.69) is 20.2 Å². The number of piperazine rings is 1. The molecule has 0 spiro atoms. The topological polar surface area (TPSA) is 90.9 Å². The first-order chi connectivity index (χ1) is 14.1. The van der Waals surface area contributed by atoms with E-state index in [1.165, 1.54) is 0 Å². The van der Waals surface area contributed by atoms with Gasteiger partial charge in [-0.25, -0.2) is 14.8 Å². The van der Waals surface area contributed by atoms with Gasteiger partial charge in [0.2, 0.25) is 5.91 Å². The van der Waals surface area contributed by atoms with Crippen molar-refractivity contribution in [2.45, 2.75) is 52.2 Å². The molecule has 0 saturated carbocycles. The highest BCUT2D eigenvalue weighted by atomic mass is 16.6. The van der Waals surface area contributed by atoms with E-state index in [0.29, 0.717) is 19.0 Å². The van der Waals surface area contributed by atoms with E-state index < -0.39 is 5.60 Å². The molecule has 1 N–H and O–H groups in total. The lowest BCUT2D eigenvalue weighted by Crippen LogP contribution is -2.49. The number of likely N-dealkylation sites (N-methyl/N-ethyl adjacent to an activating group) is 1. The monoisotopic (exact) mass is 418 g/mol. The molecule has 0 unspecified atom stereocenters. The Labute approximate surface area is 178 Å². The second-order valence-electron chi connectivity index (χ2n) is 9.25. The minimum absolute atomic E-state index is 0.000731. The number of alkyl carbamates (subject to hydrolysis) is 1. The van der Waals surface area contributed by atoms with E-state index >= 15 is 0 Å². The van der Waals surface area contributed by atoms with Crippen LogP contribution >= 0.6 is 0 Å². The number of nitrogens with zero attached hydrogens (tertiary/aromatic N) is 5. The molecule has 0 bridgehead atoms. The SMILES string of the molecule is C[C@@H](NC(=O)OC(C)(C)C)[C@@H]1CCCN(c2cc(N3CCN(C)C(=O)C3)ncn2)C1. The Balaban J connectivity index is 1.62. The smallest absolute Gasteiger partial charge is 0.407 e. The summed E-state index contributed by atoms with van der Waals surface area (Å²) in [5.74, 6) is 2.04. The van der Waals surface area contributed by atoms with E-state index in [1.807, 2.05) is 45.7 Å². The highest BCUT2D eigenvalue weighted by molar-refractivity contribution is 5.82. The lowest BCUT2D eigenvalue weighted by Gasteiger charge is -2.37. The van der Waals surface area contributed by atoms with Crippen molar-refractivity contribution in [2.24, 2.45) is 5.92 Å². The van der Waals surface area contributed by atoms with Crippen LogP contribution in [0.1, 0.15) is 40.5 Å². The highest BCUT2D eigenvalue weighted by Crippen LogP contribution is 2.26. The molecule has 2 aliphatic rings. The first-order valence-corrected chi connectivity index (χ1v) is 10.7. The Hall–Kier alpha value is -2.58. The number of aromatic nitrogens is 2. The second-order valence-corrected chi connectivity index (χ2v) is 9.25. The van der Waals surface area contributed by atoms with E-state index in [4.69, 9.17) is 4.74 Å². The van der Waals surface area contributed by atoms with Gasteiger partial charge in [-0.3, -0.25) is 4.79 Å². The van der Waals surface area contributed by atoms with Crippen molar-refractivity contribution in [3.63, 3.8) is 0 Å². The Kier molecular flexibility index (Phi) is 6.67. The summed E-state index contributed by atoms with van der Waals surface area (Å²) in [6.45, 7) is 11.1. The zero-order valence-electron chi connectivity index (χ0n) is 18.7. The number of hydrogen-bond acceptors (Lipinski definition) is 7. The van der Waals surface area contributed by atoms with Gasteiger partial charge < -0.3 is 24.8 Å². The van der Waals surface area contributed by atoms with Crippen LogP contribution in [0.4, 0.5) is 16.4 Å². The van der Waals surface area contributed by atoms with Gasteiger partial charge >= 0.3 is 6.09 Å². The van der Waals surface area contributed by atoms with Crippen LogP contribution in [0.2, 0.25) is 0 Å². The fourth-order valence-corrected chi connectivity index (χ4v) is 3.87. The molecule has 0 aromatic carbocycles. The van der Waals surface area contributed by atoms with Crippen LogP contribution < -0.4 is 15.1 Å². The number of hydrogen-bond donors (Lipinski definition) is 1. The Bertz CT molecular complexity index is 765. The summed E-state index contributed by atoms with van der Waals surface area (Å²) in [6, 6.07) is 1.96. The molecular weight excluding hydrogens is 384 g/mol. The number of carbonyl (C=O) groups is 2. The van der Waals surface area contributed by atoms with Crippen molar-refractivity contribution < 1.29 is 14.3 Å². The third-order valence-corrected chi connectivity index (χ3v) is 5.65. The van der Waals surface area contributed by atoms with Gasteiger partial charge in [-0.15, -0.1) is 0 Å². The Morgan fingerprint density at radius 1 is 1.20 bits per heavy atom. The van der Waals surface area contributed by atoms with E-state index in [1.54, 1.807) is 11.2 Å². The summed E-state index contributed by atoms with van der Waals surface area (Å²) in [6.07, 6.45) is 3.26. The zero-order chi connectivity index (χ0) is 21.9. The van der Waals surface area contributed by atoms with E-state index in [-0.39, 0.29) is 18.0 Å². The molecule has 166 valence electrons. The maximum absolute atomic E-state index is 12.1. The number of piperidine rings is 1. The minimum Gasteiger partial charge on any atom is -0.444 e. The molecule has 9 heteroatoms. The molecule has 2 atom stereocenters. The van der Waals surface area contributed by atoms with Gasteiger partial charge in [-0.2, -0.15) is 0 Å². The molecule has 3 rings (SSSR count). The molecule has 2 amide bonds. The van der Waals surface area contributed by atoms with Crippen LogP contribution in [-0.4, -0.2) is 78.3 Å². The second kappa shape index (κ2) is 9.06. The predicted molar refractivity (Wildman–Crippen MR) is 116 cm³/mol. The van der Waals surface area contributed by atoms with Crippen LogP contribution in [0.15, 0.2) is 12.4 Å². The fourth-order valence-electron chi connectivity index (χ4n) is 3.87. The lowest BCUT2D eigenvalue weighted by molar-refractivity contribution is -0.129. The summed E-state index contributed by atoms with van der Waals surface area (Å²) < 4.78 is 5.39. The number of anilines is 2. The summed E-state index contributed by atoms with van der Waals surface area (Å²) >= 11 is 0. The standard InChI is InChI=1S/C21H34N6O3/c1-15(24-20(29)30-21(2,3)4)16-7-6-8-26(12-16)17-11-18(23-14-22-17)27-10-9-25(5)19(28)13-27/h11,14-16H,6-10,12-13H2,1-5H3,(H,24,29)/t15-,16-/m1/s1. The van der Waals surface area contributed by atoms with Gasteiger partial charge in [0, 0.05) is 45.3 Å². The summed E-state index contributed by atoms with van der Waals surface area (Å²) in [5.41, 5.74) is -0.510. The predicted octanol–water partition coefficient (Wildman–Crippen LogP) is 1.88. The van der Waals surface area contributed by atoms with Crippen LogP contribution in [-0.2, 0) is 9.53 Å². The van der Waals surface area contributed by atoms with Gasteiger partial charge in [0.15, 0.2) is 0 Å². The van der Waals surface area contributed by atoms with Crippen molar-refractivity contribution >= 4 is 23.6 Å². The van der Waals surface area contributed by atoms with Crippen LogP contribution in [0.5, 0.6) is 0 Å². The van der Waals surface area contributed by atoms with Crippen molar-refractivity contribution in [3.05, 3.63) is 12.4 Å². The van der Waals surface area contributed by atoms with E-state index in [0.717, 1.165) is 44.1 Å². The fraction of sp³-hybridized carbons (Fsp3) is 0.714. The average molecular weight is 419 g/mol. The van der Waals surface area contributed by atoms with Crippen LogP contribution in [0.3, 0.4) is 0 Å². The molecule has 1 aromatic heterocycles. The summed E-state index contributed by atoms with van der Waals surface area (Å²) in [5, 5.41) is 2.98. The number of carbonyl (C=O) groups excluding carboxylic acids is 2. The lowest BCUT2D eigenvalue weighted by atomic mass is 9.91. The molecular formula is C21H34N6O3. The number of nitrogens with one attached hydrogen (secondary N) is 1. The first kappa shape index (κ1) is 22.1. The van der Waals surface area contributed by atoms with Gasteiger partial charge in [-0.1, -0.05) is 0 Å². The Morgan fingerprint density at radius 3 is 2.57 bits per heavy atom. The maximum Gasteiger partial charge on any atom is 0.407 e. The molecule has 0 radical (unpaired) electrons. The average Bonchev–Trinajstić information content (AvgIpc) is 2.69. The van der Waals surface area contributed by atoms with Crippen molar-refractivity contribution in [1.82, 2.24) is 20.2 Å². The van der Waals surface area contributed by atoms with Crippen LogP contribution in [0, 0.1) is 5.92 Å². The largest absolute Gasteiger partial charge is 0.444 e. The van der Waals surface area contributed by atoms with Gasteiger partial charge in [0.1, 0.15) is 23.6 Å². The molecule has 30 heavy (non-hydrogen) atoms. The van der Waals surface area contributed by atoms with Crippen LogP contribution in [0.25, 0.3) is 0 Å². The first-order valence-electron chi connectivity index (χ1n) is 10.7. The summed E-state index contributed by atoms with van der Waals surface area (Å²) in [4.78, 5) is 39.0. The number of ether oxygens (including phenoxy) is 1. The highest BCUT2D eigenvalue weighted by Gasteiger charge is 2.29. The zero-order valence-corrected chi connectivity index (χ0v) is 18.7. The van der Waals surface area contributed by atoms with Crippen molar-refractivity contribution in [1.29, 1.82) is 0 Å². The molecule has 9 nitrogen and oxygen atoms in total. The minimum atomic E-state index is -0.510. The third kappa shape index (κ3) is 5.73. The number of amides is 2. The molecule has 2 saturated heterocycles. The molecule has 1 aromatic rings. The van der Waals surface area contributed by atoms with Crippen molar-refractivity contribution in [2.75, 3.05) is 49.6 Å². The normalized spacial score (nSPS) is 21.4. The van der Waals surface area contributed by atoms with Gasteiger partial charge in [0.05, 0.1) is 6.54 Å². The van der Waals surface area contributed by atoms with Gasteiger partial charge in [-0.05, 0) is 46.5 Å². The van der Waals surface area contributed by atoms with E-state index in [9.17, 15) is 9.59 Å². The van der Waals surface area contributed by atoms with Crippen molar-refractivity contribution in [3.8, 4) is 0 Å². The Morgan fingerprint density at radius 2 is 1.90 bits per heavy atom. The molecule has 0 aliphatic carbocycles. The maximum atomic E-state index is 12.1. The molecule has 2 fully saturated rings. The summed E-state index contributed by atoms with van der Waals surface area (Å²) in [7, 11) is 1.82. The van der Waals surface area contributed by atoms with Gasteiger partial charge in [0.25, 0.3) is 0 Å². The molecule has 2 aliphatic heterocycles. The quantitative estimate of drug-likeness (QED) is 0.798. The molecule has 3 heterocycles.